The van der Waals surface area contributed by atoms with Crippen LogP contribution in [0, 0.1) is 6.92 Å². The number of carboxylic acids is 1. The summed E-state index contributed by atoms with van der Waals surface area (Å²) in [6.07, 6.45) is 7.75. The van der Waals surface area contributed by atoms with Gasteiger partial charge in [-0.15, -0.1) is 0 Å². The van der Waals surface area contributed by atoms with Gasteiger partial charge in [0.25, 0.3) is 0 Å². The lowest BCUT2D eigenvalue weighted by molar-refractivity contribution is -0.147. The summed E-state index contributed by atoms with van der Waals surface area (Å²) in [6.45, 7) is 4.72. The maximum Gasteiger partial charge on any atom is 0.345 e. The van der Waals surface area contributed by atoms with Gasteiger partial charge in [-0.1, -0.05) is 18.2 Å². The number of carbonyl (C=O) groups is 3. The van der Waals surface area contributed by atoms with Crippen molar-refractivity contribution in [2.45, 2.75) is 37.7 Å². The third-order valence-electron chi connectivity index (χ3n) is 8.49. The van der Waals surface area contributed by atoms with Crippen molar-refractivity contribution in [3.05, 3.63) is 88.0 Å². The largest absolute Gasteiger partial charge is 0.478 e. The third kappa shape index (κ3) is 6.77. The standard InChI is InChI=1S/C34H36N6O7/c1-20-10-22(11-24-19-38-40-29(20)24)13-28(31(41)42)47-32(43)25-14-23-15-34(16-27(23)36-18-25)26-12-21(17-37-30(26)39-33(34)44)4-3-6-45-8-9-46-7-5-35-2/h3-4,10-12,14,17-19,28,35H,5-9,13,15-16H2,1-2H3,(H,38,40)(H,41,42)(H,37,39,44)/b4-3+/t28-,34+/m1/s1. The average Bonchev–Trinajstić information content (AvgIpc) is 3.75. The van der Waals surface area contributed by atoms with E-state index >= 15 is 0 Å². The predicted octanol–water partition coefficient (Wildman–Crippen LogP) is 2.77. The van der Waals surface area contributed by atoms with Crippen molar-refractivity contribution in [3.63, 3.8) is 0 Å². The maximum atomic E-state index is 13.4. The number of nitrogens with one attached hydrogen (secondary N) is 3. The first-order valence-electron chi connectivity index (χ1n) is 15.4. The van der Waals surface area contributed by atoms with Gasteiger partial charge in [0.1, 0.15) is 5.82 Å². The summed E-state index contributed by atoms with van der Waals surface area (Å²) in [5.41, 5.74) is 4.68. The van der Waals surface area contributed by atoms with Gasteiger partial charge in [0, 0.05) is 48.4 Å². The van der Waals surface area contributed by atoms with Crippen LogP contribution in [0.5, 0.6) is 0 Å². The molecule has 0 radical (unpaired) electrons. The van der Waals surface area contributed by atoms with Crippen molar-refractivity contribution in [2.75, 3.05) is 45.3 Å². The molecule has 13 heteroatoms. The molecule has 2 aliphatic rings. The number of aromatic amines is 1. The molecule has 244 valence electrons. The molecule has 6 rings (SSSR count). The number of carbonyl (C=O) groups excluding carboxylic acids is 2. The number of ether oxygens (including phenoxy) is 3. The number of esters is 1. The van der Waals surface area contributed by atoms with Crippen molar-refractivity contribution < 1.29 is 33.7 Å². The number of pyridine rings is 2. The number of hydrogen-bond donors (Lipinski definition) is 4. The van der Waals surface area contributed by atoms with E-state index in [2.05, 4.69) is 30.8 Å². The second-order valence-electron chi connectivity index (χ2n) is 11.8. The predicted molar refractivity (Wildman–Crippen MR) is 172 cm³/mol. The van der Waals surface area contributed by atoms with Crippen LogP contribution in [0.25, 0.3) is 17.0 Å². The molecule has 0 unspecified atom stereocenters. The van der Waals surface area contributed by atoms with Gasteiger partial charge in [0.2, 0.25) is 12.0 Å². The molecule has 1 aliphatic carbocycles. The molecular formula is C34H36N6O7. The molecule has 1 amide bonds. The first-order valence-corrected chi connectivity index (χ1v) is 15.4. The van der Waals surface area contributed by atoms with E-state index in [-0.39, 0.29) is 17.9 Å². The van der Waals surface area contributed by atoms with Crippen molar-refractivity contribution >= 4 is 40.6 Å². The number of carboxylic acid groups (broad SMARTS) is 1. The number of anilines is 1. The van der Waals surface area contributed by atoms with E-state index in [4.69, 9.17) is 14.2 Å². The monoisotopic (exact) mass is 640 g/mol. The van der Waals surface area contributed by atoms with Crippen LogP contribution in [-0.4, -0.2) is 89.2 Å². The first kappa shape index (κ1) is 32.0. The second-order valence-corrected chi connectivity index (χ2v) is 11.8. The molecule has 0 saturated heterocycles. The highest BCUT2D eigenvalue weighted by atomic mass is 16.6. The minimum absolute atomic E-state index is 0.0112. The molecule has 1 aliphatic heterocycles. The SMILES string of the molecule is CNCCOCCOC/C=C/c1cnc2c(c1)[C@@]1(Cc3cc(C(=O)O[C@H](Cc4cc(C)c5[nH]ncc5c4)C(=O)O)cnc3C1)C(=O)N2. The minimum atomic E-state index is -1.40. The van der Waals surface area contributed by atoms with Crippen LogP contribution < -0.4 is 10.6 Å². The number of hydrogen-bond acceptors (Lipinski definition) is 10. The Bertz CT molecular complexity index is 1850. The van der Waals surface area contributed by atoms with E-state index in [1.54, 1.807) is 18.5 Å². The lowest BCUT2D eigenvalue weighted by Crippen LogP contribution is -2.35. The first-order chi connectivity index (χ1) is 22.8. The number of fused-ring (bicyclic) bond motifs is 4. The Hall–Kier alpha value is -4.98. The molecule has 0 fully saturated rings. The highest BCUT2D eigenvalue weighted by Crippen LogP contribution is 2.46. The van der Waals surface area contributed by atoms with Gasteiger partial charge in [0.15, 0.2) is 0 Å². The van der Waals surface area contributed by atoms with Crippen LogP contribution in [0.3, 0.4) is 0 Å². The second kappa shape index (κ2) is 13.8. The van der Waals surface area contributed by atoms with E-state index in [9.17, 15) is 19.5 Å². The van der Waals surface area contributed by atoms with E-state index in [1.807, 2.05) is 44.3 Å². The Morgan fingerprint density at radius 1 is 1.09 bits per heavy atom. The molecule has 1 spiro atoms. The summed E-state index contributed by atoms with van der Waals surface area (Å²) in [4.78, 5) is 47.6. The number of aromatic nitrogens is 4. The summed E-state index contributed by atoms with van der Waals surface area (Å²) in [5, 5.41) is 23.6. The van der Waals surface area contributed by atoms with Gasteiger partial charge in [-0.3, -0.25) is 14.9 Å². The van der Waals surface area contributed by atoms with Gasteiger partial charge >= 0.3 is 11.9 Å². The minimum Gasteiger partial charge on any atom is -0.478 e. The Kier molecular flexibility index (Phi) is 9.38. The quantitative estimate of drug-likeness (QED) is 0.118. The van der Waals surface area contributed by atoms with Crippen LogP contribution in [0.1, 0.15) is 43.9 Å². The van der Waals surface area contributed by atoms with E-state index < -0.39 is 23.5 Å². The summed E-state index contributed by atoms with van der Waals surface area (Å²) < 4.78 is 16.5. The average molecular weight is 641 g/mol. The van der Waals surface area contributed by atoms with Gasteiger partial charge in [0.05, 0.1) is 49.1 Å². The molecular weight excluding hydrogens is 604 g/mol. The van der Waals surface area contributed by atoms with Crippen molar-refractivity contribution in [3.8, 4) is 0 Å². The smallest absolute Gasteiger partial charge is 0.345 e. The fraction of sp³-hybridized carbons (Fsp3) is 0.353. The maximum absolute atomic E-state index is 13.4. The Morgan fingerprint density at radius 2 is 1.94 bits per heavy atom. The summed E-state index contributed by atoms with van der Waals surface area (Å²) in [7, 11) is 1.87. The zero-order chi connectivity index (χ0) is 33.0. The number of aliphatic carboxylic acids is 1. The fourth-order valence-electron chi connectivity index (χ4n) is 6.12. The van der Waals surface area contributed by atoms with Crippen molar-refractivity contribution in [1.82, 2.24) is 25.5 Å². The number of aryl methyl sites for hydroxylation is 1. The molecule has 0 bridgehead atoms. The molecule has 4 N–H and O–H groups in total. The zero-order valence-electron chi connectivity index (χ0n) is 26.2. The van der Waals surface area contributed by atoms with Gasteiger partial charge in [-0.05, 0) is 60.8 Å². The lowest BCUT2D eigenvalue weighted by atomic mass is 9.79. The Balaban J connectivity index is 1.12. The Labute approximate surface area is 270 Å². The molecule has 47 heavy (non-hydrogen) atoms. The normalized spacial score (nSPS) is 17.3. The fourth-order valence-corrected chi connectivity index (χ4v) is 6.12. The molecule has 3 aromatic heterocycles. The summed E-state index contributed by atoms with van der Waals surface area (Å²) in [5.74, 6) is -1.73. The molecule has 4 heterocycles. The van der Waals surface area contributed by atoms with E-state index in [1.165, 1.54) is 6.20 Å². The van der Waals surface area contributed by atoms with Gasteiger partial charge in [-0.25, -0.2) is 14.6 Å². The van der Waals surface area contributed by atoms with Crippen molar-refractivity contribution in [2.24, 2.45) is 0 Å². The third-order valence-corrected chi connectivity index (χ3v) is 8.49. The number of H-pyrrole nitrogens is 1. The number of amides is 1. The van der Waals surface area contributed by atoms with Crippen LogP contribution in [-0.2, 0) is 48.5 Å². The van der Waals surface area contributed by atoms with E-state index in [0.29, 0.717) is 56.3 Å². The van der Waals surface area contributed by atoms with Crippen LogP contribution in [0.15, 0.2) is 48.9 Å². The van der Waals surface area contributed by atoms with Crippen molar-refractivity contribution in [1.29, 1.82) is 0 Å². The number of rotatable bonds is 14. The molecule has 0 saturated carbocycles. The molecule has 2 atom stereocenters. The number of likely N-dealkylation sites (N-methyl/N-ethyl adjacent to an activating group) is 1. The number of nitrogens with zero attached hydrogens (tertiary/aromatic N) is 3. The highest BCUT2D eigenvalue weighted by molar-refractivity contribution is 6.06. The Morgan fingerprint density at radius 3 is 2.77 bits per heavy atom. The highest BCUT2D eigenvalue weighted by Gasteiger charge is 2.52. The molecule has 4 aromatic rings. The number of benzene rings is 1. The lowest BCUT2D eigenvalue weighted by Gasteiger charge is -2.20. The summed E-state index contributed by atoms with van der Waals surface area (Å²) >= 11 is 0. The van der Waals surface area contributed by atoms with E-state index in [0.717, 1.165) is 39.7 Å². The van der Waals surface area contributed by atoms with Gasteiger partial charge in [-0.2, -0.15) is 5.10 Å². The van der Waals surface area contributed by atoms with Gasteiger partial charge < -0.3 is 30.0 Å². The zero-order valence-corrected chi connectivity index (χ0v) is 26.2. The topological polar surface area (TPSA) is 178 Å². The van der Waals surface area contributed by atoms with Crippen LogP contribution in [0.4, 0.5) is 5.82 Å². The van der Waals surface area contributed by atoms with Crippen LogP contribution >= 0.6 is 0 Å². The molecule has 1 aromatic carbocycles. The van der Waals surface area contributed by atoms with Crippen LogP contribution in [0.2, 0.25) is 0 Å². The molecule has 13 nitrogen and oxygen atoms in total. The summed E-state index contributed by atoms with van der Waals surface area (Å²) in [6, 6.07) is 7.25.